The number of nitrogens with zero attached hydrogens (tertiary/aromatic N) is 1. The zero-order valence-corrected chi connectivity index (χ0v) is 18.7. The molecule has 0 spiro atoms. The fourth-order valence-corrected chi connectivity index (χ4v) is 7.20. The van der Waals surface area contributed by atoms with Crippen LogP contribution in [0.5, 0.6) is 0 Å². The summed E-state index contributed by atoms with van der Waals surface area (Å²) < 4.78 is 23.5. The number of carbonyl (C=O) groups excluding carboxylic acids is 1. The van der Waals surface area contributed by atoms with E-state index in [0.717, 1.165) is 22.8 Å². The van der Waals surface area contributed by atoms with Gasteiger partial charge in [-0.15, -0.1) is 11.8 Å². The first-order valence-electron chi connectivity index (χ1n) is 9.93. The van der Waals surface area contributed by atoms with Crippen molar-refractivity contribution in [3.63, 3.8) is 0 Å². The van der Waals surface area contributed by atoms with Crippen LogP contribution in [0.1, 0.15) is 37.6 Å². The van der Waals surface area contributed by atoms with Crippen molar-refractivity contribution in [1.82, 2.24) is 0 Å². The van der Waals surface area contributed by atoms with Gasteiger partial charge >= 0.3 is 0 Å². The van der Waals surface area contributed by atoms with Crippen molar-refractivity contribution in [3.05, 3.63) is 54.1 Å². The molecule has 1 fully saturated rings. The zero-order chi connectivity index (χ0) is 21.0. The molecule has 5 nitrogen and oxygen atoms in total. The molecule has 0 bridgehead atoms. The lowest BCUT2D eigenvalue weighted by Crippen LogP contribution is -2.30. The molecule has 2 aromatic rings. The highest BCUT2D eigenvalue weighted by Crippen LogP contribution is 2.33. The van der Waals surface area contributed by atoms with E-state index in [1.165, 1.54) is 11.8 Å². The first kappa shape index (κ1) is 21.7. The fourth-order valence-electron chi connectivity index (χ4n) is 3.57. The Morgan fingerprint density at radius 2 is 1.86 bits per heavy atom. The minimum atomic E-state index is -2.94. The molecule has 156 valence electrons. The van der Waals surface area contributed by atoms with E-state index in [0.29, 0.717) is 18.0 Å². The van der Waals surface area contributed by atoms with Gasteiger partial charge in [0.2, 0.25) is 0 Å². The average molecular weight is 433 g/mol. The number of anilines is 2. The van der Waals surface area contributed by atoms with Crippen molar-refractivity contribution in [2.24, 2.45) is 0 Å². The van der Waals surface area contributed by atoms with Crippen LogP contribution in [0.15, 0.2) is 53.4 Å². The maximum Gasteiger partial charge on any atom is 0.256 e. The topological polar surface area (TPSA) is 66.5 Å². The number of hydrogen-bond acceptors (Lipinski definition) is 5. The molecule has 1 N–H and O–H groups in total. The summed E-state index contributed by atoms with van der Waals surface area (Å²) in [6.07, 6.45) is 0.633. The number of amides is 1. The van der Waals surface area contributed by atoms with Gasteiger partial charge in [0, 0.05) is 34.1 Å². The van der Waals surface area contributed by atoms with Crippen molar-refractivity contribution < 1.29 is 13.2 Å². The third-order valence-electron chi connectivity index (χ3n) is 5.04. The van der Waals surface area contributed by atoms with Crippen LogP contribution in [-0.4, -0.2) is 43.7 Å². The van der Waals surface area contributed by atoms with Crippen LogP contribution in [0.4, 0.5) is 11.4 Å². The van der Waals surface area contributed by atoms with E-state index < -0.39 is 9.84 Å². The predicted octanol–water partition coefficient (Wildman–Crippen LogP) is 4.45. The summed E-state index contributed by atoms with van der Waals surface area (Å²) >= 11 is 1.48. The van der Waals surface area contributed by atoms with Crippen molar-refractivity contribution in [2.75, 3.05) is 28.3 Å². The van der Waals surface area contributed by atoms with Gasteiger partial charge in [0.1, 0.15) is 0 Å². The van der Waals surface area contributed by atoms with Crippen molar-refractivity contribution in [3.8, 4) is 0 Å². The van der Waals surface area contributed by atoms with Crippen LogP contribution in [0.2, 0.25) is 0 Å². The third kappa shape index (κ3) is 5.54. The lowest BCUT2D eigenvalue weighted by molar-refractivity contribution is 0.102. The Balaban J connectivity index is 1.71. The van der Waals surface area contributed by atoms with Crippen LogP contribution in [0, 0.1) is 0 Å². The molecule has 1 aliphatic rings. The molecule has 7 heteroatoms. The summed E-state index contributed by atoms with van der Waals surface area (Å²) in [6.45, 7) is 7.36. The molecule has 3 rings (SSSR count). The lowest BCUT2D eigenvalue weighted by Gasteiger charge is -2.27. The Morgan fingerprint density at radius 3 is 2.45 bits per heavy atom. The van der Waals surface area contributed by atoms with Gasteiger partial charge < -0.3 is 10.2 Å². The van der Waals surface area contributed by atoms with E-state index >= 15 is 0 Å². The van der Waals surface area contributed by atoms with Crippen molar-refractivity contribution in [2.45, 2.75) is 43.4 Å². The first-order valence-corrected chi connectivity index (χ1v) is 12.6. The molecule has 0 saturated carbocycles. The summed E-state index contributed by atoms with van der Waals surface area (Å²) in [6, 6.07) is 15.6. The molecular weight excluding hydrogens is 404 g/mol. The number of benzene rings is 2. The molecule has 1 saturated heterocycles. The minimum absolute atomic E-state index is 0.00398. The van der Waals surface area contributed by atoms with E-state index in [1.807, 2.05) is 42.5 Å². The van der Waals surface area contributed by atoms with E-state index in [4.69, 9.17) is 0 Å². The normalized spacial score (nSPS) is 18.0. The van der Waals surface area contributed by atoms with Crippen LogP contribution in [0.3, 0.4) is 0 Å². The van der Waals surface area contributed by atoms with Crippen molar-refractivity contribution >= 4 is 38.9 Å². The number of hydrogen-bond donors (Lipinski definition) is 1. The van der Waals surface area contributed by atoms with Crippen LogP contribution < -0.4 is 10.2 Å². The maximum absolute atomic E-state index is 12.9. The second-order valence-corrected chi connectivity index (χ2v) is 11.1. The monoisotopic (exact) mass is 432 g/mol. The SMILES string of the molecule is CCN(c1ccc(NC(=O)c2ccccc2S[C@@H]2CCS(=O)(=O)C2)cc1)C(C)C. The number of thioether (sulfide) groups is 1. The first-order chi connectivity index (χ1) is 13.8. The molecule has 1 aliphatic heterocycles. The van der Waals surface area contributed by atoms with Gasteiger partial charge in [0.15, 0.2) is 9.84 Å². The Hall–Kier alpha value is -1.99. The minimum Gasteiger partial charge on any atom is -0.369 e. The van der Waals surface area contributed by atoms with Gasteiger partial charge in [0.25, 0.3) is 5.91 Å². The van der Waals surface area contributed by atoms with E-state index in [2.05, 4.69) is 31.0 Å². The molecule has 0 aliphatic carbocycles. The van der Waals surface area contributed by atoms with E-state index in [1.54, 1.807) is 6.07 Å². The molecule has 1 heterocycles. The van der Waals surface area contributed by atoms with Gasteiger partial charge in [0.05, 0.1) is 17.1 Å². The van der Waals surface area contributed by atoms with Crippen molar-refractivity contribution in [1.29, 1.82) is 0 Å². The molecule has 0 unspecified atom stereocenters. The summed E-state index contributed by atoms with van der Waals surface area (Å²) in [7, 11) is -2.94. The van der Waals surface area contributed by atoms with E-state index in [9.17, 15) is 13.2 Å². The molecule has 29 heavy (non-hydrogen) atoms. The van der Waals surface area contributed by atoms with E-state index in [-0.39, 0.29) is 22.7 Å². The Labute approximate surface area is 177 Å². The summed E-state index contributed by atoms with van der Waals surface area (Å²) in [5, 5.41) is 2.97. The number of sulfone groups is 1. The van der Waals surface area contributed by atoms with Gasteiger partial charge in [-0.3, -0.25) is 4.79 Å². The third-order valence-corrected chi connectivity index (χ3v) is 8.36. The fraction of sp³-hybridized carbons (Fsp3) is 0.409. The Kier molecular flexibility index (Phi) is 6.90. The molecule has 1 atom stereocenters. The highest BCUT2D eigenvalue weighted by molar-refractivity contribution is 8.02. The van der Waals surface area contributed by atoms with Gasteiger partial charge in [-0.25, -0.2) is 8.42 Å². The second kappa shape index (κ2) is 9.22. The quantitative estimate of drug-likeness (QED) is 0.700. The molecule has 2 aromatic carbocycles. The number of rotatable bonds is 7. The summed E-state index contributed by atoms with van der Waals surface area (Å²) in [4.78, 5) is 16.0. The highest BCUT2D eigenvalue weighted by Gasteiger charge is 2.29. The van der Waals surface area contributed by atoms with Gasteiger partial charge in [-0.1, -0.05) is 12.1 Å². The number of nitrogens with one attached hydrogen (secondary N) is 1. The smallest absolute Gasteiger partial charge is 0.256 e. The Morgan fingerprint density at radius 1 is 1.17 bits per heavy atom. The molecule has 0 aromatic heterocycles. The molecule has 0 radical (unpaired) electrons. The van der Waals surface area contributed by atoms with Crippen LogP contribution >= 0.6 is 11.8 Å². The molecule has 1 amide bonds. The predicted molar refractivity (Wildman–Crippen MR) is 122 cm³/mol. The maximum atomic E-state index is 12.9. The van der Waals surface area contributed by atoms with Crippen LogP contribution in [0.25, 0.3) is 0 Å². The number of carbonyl (C=O) groups is 1. The summed E-state index contributed by atoms with van der Waals surface area (Å²) in [5.41, 5.74) is 2.43. The Bertz CT molecular complexity index is 956. The average Bonchev–Trinajstić information content (AvgIpc) is 3.02. The highest BCUT2D eigenvalue weighted by atomic mass is 32.2. The lowest BCUT2D eigenvalue weighted by atomic mass is 10.2. The van der Waals surface area contributed by atoms with Gasteiger partial charge in [-0.05, 0) is 63.6 Å². The standard InChI is InChI=1S/C22H28N2O3S2/c1-4-24(16(2)3)18-11-9-17(10-12-18)23-22(25)20-7-5-6-8-21(20)28-19-13-14-29(26,27)15-19/h5-12,16,19H,4,13-15H2,1-3H3,(H,23,25)/t19-/m1/s1. The van der Waals surface area contributed by atoms with Gasteiger partial charge in [-0.2, -0.15) is 0 Å². The van der Waals surface area contributed by atoms with Crippen LogP contribution in [-0.2, 0) is 9.84 Å². The largest absolute Gasteiger partial charge is 0.369 e. The summed E-state index contributed by atoms with van der Waals surface area (Å²) in [5.74, 6) is 0.230. The zero-order valence-electron chi connectivity index (χ0n) is 17.1. The second-order valence-electron chi connectivity index (χ2n) is 7.52. The molecular formula is C22H28N2O3S2.